The molecule has 0 aliphatic carbocycles. The summed E-state index contributed by atoms with van der Waals surface area (Å²) < 4.78 is 5.89. The summed E-state index contributed by atoms with van der Waals surface area (Å²) in [5.74, 6) is -0.110. The van der Waals surface area contributed by atoms with Crippen molar-refractivity contribution in [1.29, 1.82) is 0 Å². The molecule has 0 N–H and O–H groups in total. The van der Waals surface area contributed by atoms with Crippen LogP contribution in [0, 0.1) is 0 Å². The second-order valence-electron chi connectivity index (χ2n) is 4.92. The van der Waals surface area contributed by atoms with E-state index in [9.17, 15) is 4.79 Å². The van der Waals surface area contributed by atoms with Crippen LogP contribution in [0.3, 0.4) is 0 Å². The van der Waals surface area contributed by atoms with E-state index in [1.165, 1.54) is 17.9 Å². The number of carbonyl (C=O) groups is 1. The second-order valence-corrected chi connectivity index (χ2v) is 4.92. The van der Waals surface area contributed by atoms with Gasteiger partial charge in [0.25, 0.3) is 5.91 Å². The number of benzene rings is 1. The number of amides is 1. The summed E-state index contributed by atoms with van der Waals surface area (Å²) >= 11 is 0. The van der Waals surface area contributed by atoms with Gasteiger partial charge < -0.3 is 4.74 Å². The van der Waals surface area contributed by atoms with E-state index in [4.69, 9.17) is 9.57 Å². The topological polar surface area (TPSA) is 38.8 Å². The van der Waals surface area contributed by atoms with Crippen LogP contribution >= 0.6 is 0 Å². The van der Waals surface area contributed by atoms with Gasteiger partial charge in [0, 0.05) is 17.7 Å². The molecule has 110 valence electrons. The van der Waals surface area contributed by atoms with Gasteiger partial charge in [-0.25, -0.2) is 0 Å². The van der Waals surface area contributed by atoms with Crippen LogP contribution in [0.1, 0.15) is 61.7 Å². The molecule has 0 fully saturated rings. The van der Waals surface area contributed by atoms with Crippen LogP contribution in [-0.2, 0) is 9.57 Å². The van der Waals surface area contributed by atoms with Crippen LogP contribution in [0.5, 0.6) is 0 Å². The average Bonchev–Trinajstić information content (AvgIpc) is 2.73. The van der Waals surface area contributed by atoms with E-state index in [1.807, 2.05) is 31.2 Å². The van der Waals surface area contributed by atoms with Gasteiger partial charge >= 0.3 is 0 Å². The van der Waals surface area contributed by atoms with Crippen LogP contribution in [0.2, 0.25) is 0 Å². The first kappa shape index (κ1) is 15.0. The van der Waals surface area contributed by atoms with Crippen molar-refractivity contribution in [3.05, 3.63) is 35.4 Å². The van der Waals surface area contributed by atoms with Crippen molar-refractivity contribution in [2.45, 2.75) is 45.8 Å². The van der Waals surface area contributed by atoms with Crippen molar-refractivity contribution < 1.29 is 14.4 Å². The lowest BCUT2D eigenvalue weighted by Crippen LogP contribution is -2.30. The van der Waals surface area contributed by atoms with Gasteiger partial charge in [-0.15, -0.1) is 0 Å². The lowest BCUT2D eigenvalue weighted by atomic mass is 10.1. The van der Waals surface area contributed by atoms with Gasteiger partial charge in [-0.05, 0) is 19.4 Å². The minimum atomic E-state index is -0.403. The van der Waals surface area contributed by atoms with E-state index < -0.39 is 6.23 Å². The van der Waals surface area contributed by atoms with E-state index in [-0.39, 0.29) is 5.91 Å². The highest BCUT2D eigenvalue weighted by Gasteiger charge is 2.38. The number of hydrogen-bond acceptors (Lipinski definition) is 3. The maximum absolute atomic E-state index is 12.3. The Morgan fingerprint density at radius 1 is 1.15 bits per heavy atom. The Balaban J connectivity index is 2.02. The second kappa shape index (κ2) is 7.41. The van der Waals surface area contributed by atoms with Crippen LogP contribution in [0.25, 0.3) is 0 Å². The van der Waals surface area contributed by atoms with Gasteiger partial charge in [-0.2, -0.15) is 5.06 Å². The molecule has 1 amide bonds. The Labute approximate surface area is 120 Å². The molecule has 0 radical (unpaired) electrons. The quantitative estimate of drug-likeness (QED) is 0.680. The van der Waals surface area contributed by atoms with Gasteiger partial charge in [-0.1, -0.05) is 44.4 Å². The van der Waals surface area contributed by atoms with Gasteiger partial charge in [0.05, 0.1) is 6.61 Å². The molecule has 0 spiro atoms. The van der Waals surface area contributed by atoms with E-state index in [2.05, 4.69) is 6.92 Å². The predicted molar refractivity (Wildman–Crippen MR) is 77.1 cm³/mol. The minimum Gasteiger partial charge on any atom is -0.352 e. The minimum absolute atomic E-state index is 0.110. The van der Waals surface area contributed by atoms with Gasteiger partial charge in [0.15, 0.2) is 6.23 Å². The van der Waals surface area contributed by atoms with Crippen molar-refractivity contribution in [1.82, 2.24) is 5.06 Å². The zero-order valence-corrected chi connectivity index (χ0v) is 12.3. The molecule has 1 aliphatic rings. The highest BCUT2D eigenvalue weighted by atomic mass is 16.7. The van der Waals surface area contributed by atoms with Crippen molar-refractivity contribution in [3.8, 4) is 0 Å². The molecule has 1 unspecified atom stereocenters. The number of ether oxygens (including phenoxy) is 1. The summed E-state index contributed by atoms with van der Waals surface area (Å²) in [6, 6.07) is 7.55. The zero-order valence-electron chi connectivity index (χ0n) is 12.3. The van der Waals surface area contributed by atoms with Crippen molar-refractivity contribution in [3.63, 3.8) is 0 Å². The SMILES string of the molecule is CCCCCCOC1c2ccccc2C(=O)N1OCC. The fourth-order valence-corrected chi connectivity index (χ4v) is 2.41. The number of fused-ring (bicyclic) bond motifs is 1. The number of hydroxylamine groups is 2. The van der Waals surface area contributed by atoms with Crippen molar-refractivity contribution >= 4 is 5.91 Å². The summed E-state index contributed by atoms with van der Waals surface area (Å²) in [5, 5.41) is 1.37. The molecule has 4 heteroatoms. The lowest BCUT2D eigenvalue weighted by Gasteiger charge is -2.23. The third kappa shape index (κ3) is 3.19. The average molecular weight is 277 g/mol. The maximum atomic E-state index is 12.3. The molecule has 0 bridgehead atoms. The van der Waals surface area contributed by atoms with Gasteiger partial charge in [0.2, 0.25) is 0 Å². The fourth-order valence-electron chi connectivity index (χ4n) is 2.41. The monoisotopic (exact) mass is 277 g/mol. The lowest BCUT2D eigenvalue weighted by molar-refractivity contribution is -0.213. The van der Waals surface area contributed by atoms with Crippen LogP contribution in [0.4, 0.5) is 0 Å². The zero-order chi connectivity index (χ0) is 14.4. The summed E-state index contributed by atoms with van der Waals surface area (Å²) in [4.78, 5) is 17.7. The number of unbranched alkanes of at least 4 members (excludes halogenated alkanes) is 3. The number of hydrogen-bond donors (Lipinski definition) is 0. The number of nitrogens with zero attached hydrogens (tertiary/aromatic N) is 1. The maximum Gasteiger partial charge on any atom is 0.280 e. The summed E-state index contributed by atoms with van der Waals surface area (Å²) in [6.07, 6.45) is 4.20. The van der Waals surface area contributed by atoms with Crippen LogP contribution in [0.15, 0.2) is 24.3 Å². The largest absolute Gasteiger partial charge is 0.352 e. The van der Waals surface area contributed by atoms with Gasteiger partial charge in [0.1, 0.15) is 0 Å². The fraction of sp³-hybridized carbons (Fsp3) is 0.562. The number of carbonyl (C=O) groups excluding carboxylic acids is 1. The Morgan fingerprint density at radius 3 is 2.70 bits per heavy atom. The molecule has 1 atom stereocenters. The molecule has 0 aromatic heterocycles. The molecule has 1 aromatic carbocycles. The highest BCUT2D eigenvalue weighted by Crippen LogP contribution is 2.34. The smallest absolute Gasteiger partial charge is 0.280 e. The van der Waals surface area contributed by atoms with E-state index in [0.717, 1.165) is 18.4 Å². The van der Waals surface area contributed by atoms with Gasteiger partial charge in [-0.3, -0.25) is 9.63 Å². The normalized spacial score (nSPS) is 17.6. The molecule has 1 heterocycles. The first-order valence-corrected chi connectivity index (χ1v) is 7.46. The van der Waals surface area contributed by atoms with E-state index in [1.54, 1.807) is 0 Å². The van der Waals surface area contributed by atoms with E-state index in [0.29, 0.717) is 18.8 Å². The van der Waals surface area contributed by atoms with Crippen LogP contribution in [-0.4, -0.2) is 24.2 Å². The molecular formula is C16H23NO3. The van der Waals surface area contributed by atoms with Crippen LogP contribution < -0.4 is 0 Å². The third-order valence-electron chi connectivity index (χ3n) is 3.41. The first-order valence-electron chi connectivity index (χ1n) is 7.46. The molecule has 4 nitrogen and oxygen atoms in total. The highest BCUT2D eigenvalue weighted by molar-refractivity contribution is 5.98. The third-order valence-corrected chi connectivity index (χ3v) is 3.41. The molecular weight excluding hydrogens is 254 g/mol. The Kier molecular flexibility index (Phi) is 5.56. The molecule has 20 heavy (non-hydrogen) atoms. The van der Waals surface area contributed by atoms with E-state index >= 15 is 0 Å². The molecule has 2 rings (SSSR count). The Bertz CT molecular complexity index is 447. The van der Waals surface area contributed by atoms with Crippen molar-refractivity contribution in [2.24, 2.45) is 0 Å². The summed E-state index contributed by atoms with van der Waals surface area (Å²) in [5.41, 5.74) is 1.58. The first-order chi connectivity index (χ1) is 9.79. The Hall–Kier alpha value is -1.39. The van der Waals surface area contributed by atoms with Crippen molar-refractivity contribution in [2.75, 3.05) is 13.2 Å². The standard InChI is InChI=1S/C16H23NO3/c1-3-5-6-9-12-19-16-14-11-8-7-10-13(14)15(18)17(16)20-4-2/h7-8,10-11,16H,3-6,9,12H2,1-2H3. The molecule has 0 saturated carbocycles. The molecule has 1 aromatic rings. The molecule has 1 aliphatic heterocycles. The Morgan fingerprint density at radius 2 is 1.95 bits per heavy atom. The summed E-state index contributed by atoms with van der Waals surface area (Å²) in [7, 11) is 0. The summed E-state index contributed by atoms with van der Waals surface area (Å²) in [6.45, 7) is 5.16. The number of rotatable bonds is 8. The predicted octanol–water partition coefficient (Wildman–Crippen LogP) is 3.69. The molecule has 0 saturated heterocycles.